The molecule has 8 nitrogen and oxygen atoms in total. The molecule has 0 atom stereocenters. The van der Waals surface area contributed by atoms with Gasteiger partial charge in [-0.1, -0.05) is 19.1 Å². The van der Waals surface area contributed by atoms with E-state index in [0.29, 0.717) is 24.0 Å². The first-order valence-electron chi connectivity index (χ1n) is 12.2. The zero-order valence-electron chi connectivity index (χ0n) is 20.5. The largest absolute Gasteiger partial charge is 0.348 e. The number of aromatic nitrogens is 1. The molecule has 2 heterocycles. The first-order chi connectivity index (χ1) is 16.9. The number of amides is 2. The summed E-state index contributed by atoms with van der Waals surface area (Å²) in [5.74, 6) is -1.23. The number of halogens is 1. The molecular weight excluding hydrogens is 485 g/mol. The van der Waals surface area contributed by atoms with Crippen LogP contribution in [0.3, 0.4) is 0 Å². The van der Waals surface area contributed by atoms with Crippen LogP contribution in [-0.4, -0.2) is 53.3 Å². The molecule has 0 spiro atoms. The van der Waals surface area contributed by atoms with Crippen molar-refractivity contribution in [2.75, 3.05) is 18.8 Å². The zero-order valence-corrected chi connectivity index (χ0v) is 21.3. The maximum Gasteiger partial charge on any atom is 0.270 e. The highest BCUT2D eigenvalue weighted by molar-refractivity contribution is 7.93. The normalized spacial score (nSPS) is 19.5. The van der Waals surface area contributed by atoms with Crippen LogP contribution < -0.4 is 10.9 Å². The third-order valence-corrected chi connectivity index (χ3v) is 10.7. The Kier molecular flexibility index (Phi) is 5.85. The lowest BCUT2D eigenvalue weighted by molar-refractivity contribution is 0.0695. The lowest BCUT2D eigenvalue weighted by atomic mass is 10.1. The Labute approximate surface area is 209 Å². The predicted octanol–water partition coefficient (Wildman–Crippen LogP) is 2.43. The summed E-state index contributed by atoms with van der Waals surface area (Å²) >= 11 is 0. The number of aryl methyl sites for hydroxylation is 1. The summed E-state index contributed by atoms with van der Waals surface area (Å²) in [6, 6.07) is 7.41. The summed E-state index contributed by atoms with van der Waals surface area (Å²) in [6.45, 7) is 4.20. The van der Waals surface area contributed by atoms with E-state index in [2.05, 4.69) is 5.32 Å². The van der Waals surface area contributed by atoms with Gasteiger partial charge in [-0.2, -0.15) is 0 Å². The summed E-state index contributed by atoms with van der Waals surface area (Å²) in [5, 5.41) is 2.63. The van der Waals surface area contributed by atoms with E-state index in [1.807, 2.05) is 6.92 Å². The molecule has 2 fully saturated rings. The molecule has 0 unspecified atom stereocenters. The van der Waals surface area contributed by atoms with Gasteiger partial charge in [0.05, 0.1) is 10.5 Å². The van der Waals surface area contributed by atoms with Gasteiger partial charge in [-0.25, -0.2) is 12.8 Å². The summed E-state index contributed by atoms with van der Waals surface area (Å²) < 4.78 is 40.4. The smallest absolute Gasteiger partial charge is 0.270 e. The molecule has 2 saturated carbocycles. The van der Waals surface area contributed by atoms with Crippen molar-refractivity contribution in [3.05, 3.63) is 68.9 Å². The second kappa shape index (κ2) is 8.54. The van der Waals surface area contributed by atoms with Crippen LogP contribution in [0.25, 0.3) is 0 Å². The van der Waals surface area contributed by atoms with Crippen molar-refractivity contribution in [2.45, 2.75) is 57.4 Å². The molecule has 36 heavy (non-hydrogen) atoms. The zero-order chi connectivity index (χ0) is 25.9. The van der Waals surface area contributed by atoms with Crippen LogP contribution in [0.15, 0.2) is 35.1 Å². The molecule has 0 bridgehead atoms. The van der Waals surface area contributed by atoms with Crippen LogP contribution in [-0.2, 0) is 22.9 Å². The average molecular weight is 516 g/mol. The molecule has 1 aromatic carbocycles. The van der Waals surface area contributed by atoms with E-state index in [0.717, 1.165) is 12.8 Å². The summed E-state index contributed by atoms with van der Waals surface area (Å²) in [4.78, 5) is 40.4. The Morgan fingerprint density at radius 1 is 1.08 bits per heavy atom. The summed E-state index contributed by atoms with van der Waals surface area (Å²) in [5.41, 5.74) is 0.389. The fraction of sp³-hybridized carbons (Fsp3) is 0.500. The van der Waals surface area contributed by atoms with Crippen LogP contribution in [0.4, 0.5) is 4.39 Å². The molecule has 0 saturated heterocycles. The molecule has 5 rings (SSSR count). The van der Waals surface area contributed by atoms with Gasteiger partial charge in [0.15, 0.2) is 9.84 Å². The second-order valence-electron chi connectivity index (χ2n) is 10.8. The van der Waals surface area contributed by atoms with E-state index >= 15 is 0 Å². The minimum Gasteiger partial charge on any atom is -0.348 e. The van der Waals surface area contributed by atoms with Gasteiger partial charge in [-0.15, -0.1) is 0 Å². The van der Waals surface area contributed by atoms with E-state index in [-0.39, 0.29) is 54.4 Å². The van der Waals surface area contributed by atoms with Crippen molar-refractivity contribution in [1.29, 1.82) is 0 Å². The monoisotopic (exact) mass is 515 g/mol. The van der Waals surface area contributed by atoms with Crippen LogP contribution in [0, 0.1) is 18.2 Å². The molecule has 1 aliphatic heterocycles. The van der Waals surface area contributed by atoms with Crippen molar-refractivity contribution >= 4 is 21.7 Å². The van der Waals surface area contributed by atoms with E-state index < -0.39 is 32.0 Å². The van der Waals surface area contributed by atoms with E-state index in [9.17, 15) is 27.2 Å². The number of carbonyl (C=O) groups excluding carboxylic acids is 2. The summed E-state index contributed by atoms with van der Waals surface area (Å²) in [7, 11) is -3.34. The number of nitrogens with one attached hydrogen (secondary N) is 1. The van der Waals surface area contributed by atoms with Gasteiger partial charge in [-0.05, 0) is 67.3 Å². The van der Waals surface area contributed by atoms with Gasteiger partial charge in [0.2, 0.25) is 0 Å². The Bertz CT molecular complexity index is 1420. The number of benzene rings is 1. The highest BCUT2D eigenvalue weighted by atomic mass is 32.2. The maximum atomic E-state index is 13.8. The number of hydrogen-bond donors (Lipinski definition) is 1. The molecule has 10 heteroatoms. The highest BCUT2D eigenvalue weighted by Gasteiger charge is 2.58. The topological polar surface area (TPSA) is 106 Å². The van der Waals surface area contributed by atoms with Gasteiger partial charge in [0.25, 0.3) is 17.4 Å². The predicted molar refractivity (Wildman–Crippen MR) is 132 cm³/mol. The molecule has 1 N–H and O–H groups in total. The SMILES string of the molecule is Cc1ccc(CNC(=O)c2ccc3n(c2=O)CCN(CC2(S(=O)(=O)CC4(C)CC4)CC2)C3=O)cc1F. The van der Waals surface area contributed by atoms with Crippen LogP contribution in [0.2, 0.25) is 0 Å². The van der Waals surface area contributed by atoms with Crippen LogP contribution in [0.1, 0.15) is 64.6 Å². The average Bonchev–Trinajstić information content (AvgIpc) is 3.75. The highest BCUT2D eigenvalue weighted by Crippen LogP contribution is 2.52. The lowest BCUT2D eigenvalue weighted by Gasteiger charge is -2.33. The number of rotatable bonds is 8. The Hall–Kier alpha value is -3.01. The van der Waals surface area contributed by atoms with Crippen molar-refractivity contribution in [2.24, 2.45) is 5.41 Å². The van der Waals surface area contributed by atoms with Gasteiger partial charge in [-0.3, -0.25) is 14.4 Å². The number of carbonyl (C=O) groups is 2. The number of pyridine rings is 1. The first kappa shape index (κ1) is 24.7. The lowest BCUT2D eigenvalue weighted by Crippen LogP contribution is -2.50. The van der Waals surface area contributed by atoms with Gasteiger partial charge in [0, 0.05) is 26.2 Å². The minimum absolute atomic E-state index is 0.0551. The van der Waals surface area contributed by atoms with Crippen LogP contribution in [0.5, 0.6) is 0 Å². The van der Waals surface area contributed by atoms with E-state index in [1.165, 1.54) is 27.7 Å². The van der Waals surface area contributed by atoms with Crippen molar-refractivity contribution < 1.29 is 22.4 Å². The number of nitrogens with zero attached hydrogens (tertiary/aromatic N) is 2. The quantitative estimate of drug-likeness (QED) is 0.581. The fourth-order valence-corrected chi connectivity index (χ4v) is 7.43. The van der Waals surface area contributed by atoms with Gasteiger partial charge in [0.1, 0.15) is 17.1 Å². The second-order valence-corrected chi connectivity index (χ2v) is 13.2. The Morgan fingerprint density at radius 2 is 1.81 bits per heavy atom. The van der Waals surface area contributed by atoms with Crippen molar-refractivity contribution in [3.63, 3.8) is 0 Å². The maximum absolute atomic E-state index is 13.8. The molecule has 3 aliphatic rings. The minimum atomic E-state index is -3.34. The Balaban J connectivity index is 1.29. The van der Waals surface area contributed by atoms with E-state index in [1.54, 1.807) is 19.1 Å². The standard InChI is InChI=1S/C26H30FN3O5S/c1-17-3-4-18(13-20(17)27)14-28-22(31)19-5-6-21-24(33)29(11-12-30(21)23(19)32)15-26(9-10-26)36(34,35)16-25(2)7-8-25/h3-6,13H,7-12,14-16H2,1-2H3,(H,28,31). The fourth-order valence-electron chi connectivity index (χ4n) is 4.84. The summed E-state index contributed by atoms with van der Waals surface area (Å²) in [6.07, 6.45) is 2.93. The third kappa shape index (κ3) is 4.47. The molecule has 2 amide bonds. The third-order valence-electron chi connectivity index (χ3n) is 7.80. The molecule has 192 valence electrons. The molecule has 0 radical (unpaired) electrons. The van der Waals surface area contributed by atoms with Gasteiger partial charge >= 0.3 is 0 Å². The molecular formula is C26H30FN3O5S. The molecule has 2 aromatic rings. The molecule has 2 aliphatic carbocycles. The number of fused-ring (bicyclic) bond motifs is 1. The van der Waals surface area contributed by atoms with Crippen molar-refractivity contribution in [3.8, 4) is 0 Å². The Morgan fingerprint density at radius 3 is 2.44 bits per heavy atom. The number of hydrogen-bond acceptors (Lipinski definition) is 5. The first-order valence-corrected chi connectivity index (χ1v) is 13.9. The molecule has 1 aromatic heterocycles. The van der Waals surface area contributed by atoms with Gasteiger partial charge < -0.3 is 14.8 Å². The number of sulfone groups is 1. The van der Waals surface area contributed by atoms with Crippen molar-refractivity contribution in [1.82, 2.24) is 14.8 Å². The van der Waals surface area contributed by atoms with E-state index in [4.69, 9.17) is 0 Å². The van der Waals surface area contributed by atoms with Crippen LogP contribution >= 0.6 is 0 Å².